The van der Waals surface area contributed by atoms with E-state index in [0.29, 0.717) is 37.4 Å². The molecule has 0 aliphatic carbocycles. The van der Waals surface area contributed by atoms with E-state index in [0.717, 1.165) is 18.4 Å². The van der Waals surface area contributed by atoms with Gasteiger partial charge in [-0.1, -0.05) is 18.2 Å². The summed E-state index contributed by atoms with van der Waals surface area (Å²) in [5, 5.41) is 14.2. The van der Waals surface area contributed by atoms with Gasteiger partial charge in [0.15, 0.2) is 0 Å². The number of carbonyl (C=O) groups excluding carboxylic acids is 1. The maximum atomic E-state index is 12.7. The molecule has 2 aliphatic rings. The highest BCUT2D eigenvalue weighted by Crippen LogP contribution is 2.45. The van der Waals surface area contributed by atoms with Gasteiger partial charge in [0.1, 0.15) is 5.75 Å². The van der Waals surface area contributed by atoms with Crippen LogP contribution in [0.1, 0.15) is 38.2 Å². The van der Waals surface area contributed by atoms with Crippen LogP contribution in [0.5, 0.6) is 5.75 Å². The van der Waals surface area contributed by atoms with E-state index in [1.165, 1.54) is 0 Å². The number of ether oxygens (including phenoxy) is 1. The van der Waals surface area contributed by atoms with Crippen molar-refractivity contribution in [2.24, 2.45) is 0 Å². The van der Waals surface area contributed by atoms with E-state index in [4.69, 9.17) is 4.74 Å². The van der Waals surface area contributed by atoms with Crippen LogP contribution in [0.25, 0.3) is 0 Å². The zero-order valence-corrected chi connectivity index (χ0v) is 16.2. The lowest BCUT2D eigenvalue weighted by atomic mass is 9.81. The van der Waals surface area contributed by atoms with Gasteiger partial charge in [-0.2, -0.15) is 0 Å². The number of fused-ring (bicyclic) bond motifs is 2. The summed E-state index contributed by atoms with van der Waals surface area (Å²) in [7, 11) is 0. The molecule has 6 heteroatoms. The molecule has 28 heavy (non-hydrogen) atoms. The van der Waals surface area contributed by atoms with Crippen LogP contribution in [0.4, 0.5) is 5.69 Å². The molecule has 6 nitrogen and oxygen atoms in total. The third kappa shape index (κ3) is 3.75. The van der Waals surface area contributed by atoms with Crippen LogP contribution in [0, 0.1) is 0 Å². The van der Waals surface area contributed by atoms with Gasteiger partial charge in [-0.3, -0.25) is 14.7 Å². The van der Waals surface area contributed by atoms with Crippen LogP contribution in [0.2, 0.25) is 0 Å². The third-order valence-corrected chi connectivity index (χ3v) is 5.90. The van der Waals surface area contributed by atoms with E-state index < -0.39 is 5.60 Å². The molecule has 1 amide bonds. The van der Waals surface area contributed by atoms with Crippen LogP contribution >= 0.6 is 0 Å². The summed E-state index contributed by atoms with van der Waals surface area (Å²) in [5.74, 6) is 0.641. The first-order chi connectivity index (χ1) is 13.6. The molecule has 2 fully saturated rings. The number of aromatic nitrogens is 1. The minimum Gasteiger partial charge on any atom is -0.492 e. The number of para-hydroxylation sites is 2. The van der Waals surface area contributed by atoms with Crippen molar-refractivity contribution in [3.63, 3.8) is 0 Å². The van der Waals surface area contributed by atoms with Gasteiger partial charge < -0.3 is 15.2 Å². The van der Waals surface area contributed by atoms with Crippen LogP contribution in [-0.4, -0.2) is 46.1 Å². The van der Waals surface area contributed by atoms with Crippen molar-refractivity contribution in [1.82, 2.24) is 9.88 Å². The zero-order chi connectivity index (χ0) is 19.6. The third-order valence-electron chi connectivity index (χ3n) is 5.90. The fourth-order valence-electron chi connectivity index (χ4n) is 4.65. The Morgan fingerprint density at radius 2 is 2.00 bits per heavy atom. The van der Waals surface area contributed by atoms with Gasteiger partial charge in [0.05, 0.1) is 24.4 Å². The normalized spacial score (nSPS) is 26.8. The Morgan fingerprint density at radius 3 is 2.68 bits per heavy atom. The molecule has 1 aromatic carbocycles. The summed E-state index contributed by atoms with van der Waals surface area (Å²) < 4.78 is 5.59. The van der Waals surface area contributed by atoms with E-state index in [2.05, 4.69) is 15.2 Å². The zero-order valence-electron chi connectivity index (χ0n) is 16.2. The molecule has 0 spiro atoms. The molecule has 2 bridgehead atoms. The molecule has 0 radical (unpaired) electrons. The van der Waals surface area contributed by atoms with Crippen LogP contribution in [0.15, 0.2) is 48.8 Å². The number of carbonyl (C=O) groups is 1. The largest absolute Gasteiger partial charge is 0.492 e. The second kappa shape index (κ2) is 7.89. The number of hydrogen-bond donors (Lipinski definition) is 2. The van der Waals surface area contributed by atoms with E-state index in [1.807, 2.05) is 43.3 Å². The van der Waals surface area contributed by atoms with Gasteiger partial charge >= 0.3 is 0 Å². The molecule has 4 rings (SSSR count). The molecular formula is C22H27N3O3. The predicted octanol–water partition coefficient (Wildman–Crippen LogP) is 2.93. The van der Waals surface area contributed by atoms with Gasteiger partial charge in [0.2, 0.25) is 5.91 Å². The fraction of sp³-hybridized carbons (Fsp3) is 0.455. The first-order valence-electron chi connectivity index (χ1n) is 9.99. The average molecular weight is 381 g/mol. The Bertz CT molecular complexity index is 813. The molecular weight excluding hydrogens is 354 g/mol. The lowest BCUT2D eigenvalue weighted by Crippen LogP contribution is -2.51. The second-order valence-corrected chi connectivity index (χ2v) is 7.72. The highest BCUT2D eigenvalue weighted by atomic mass is 16.5. The number of aliphatic hydroxyl groups is 1. The van der Waals surface area contributed by atoms with Crippen LogP contribution < -0.4 is 10.1 Å². The molecule has 1 aromatic heterocycles. The van der Waals surface area contributed by atoms with Crippen molar-refractivity contribution in [2.75, 3.05) is 18.5 Å². The van der Waals surface area contributed by atoms with E-state index in [1.54, 1.807) is 12.4 Å². The van der Waals surface area contributed by atoms with Gasteiger partial charge in [-0.05, 0) is 50.8 Å². The summed E-state index contributed by atoms with van der Waals surface area (Å²) in [6, 6.07) is 11.7. The maximum Gasteiger partial charge on any atom is 0.238 e. The lowest BCUT2D eigenvalue weighted by molar-refractivity contribution is -0.121. The van der Waals surface area contributed by atoms with E-state index >= 15 is 0 Å². The van der Waals surface area contributed by atoms with Crippen LogP contribution in [-0.2, 0) is 10.4 Å². The molecule has 148 valence electrons. The van der Waals surface area contributed by atoms with Crippen molar-refractivity contribution < 1.29 is 14.6 Å². The molecule has 2 aromatic rings. The Labute approximate surface area is 165 Å². The molecule has 2 aliphatic heterocycles. The van der Waals surface area contributed by atoms with E-state index in [-0.39, 0.29) is 18.0 Å². The number of anilines is 1. The quantitative estimate of drug-likeness (QED) is 0.805. The number of piperidine rings is 1. The minimum absolute atomic E-state index is 0.0455. The topological polar surface area (TPSA) is 74.7 Å². The highest BCUT2D eigenvalue weighted by molar-refractivity contribution is 5.93. The number of nitrogens with zero attached hydrogens (tertiary/aromatic N) is 2. The summed E-state index contributed by atoms with van der Waals surface area (Å²) in [6.07, 6.45) is 6.77. The Kier molecular flexibility index (Phi) is 5.33. The van der Waals surface area contributed by atoms with Crippen molar-refractivity contribution in [2.45, 2.75) is 50.3 Å². The summed E-state index contributed by atoms with van der Waals surface area (Å²) in [5.41, 5.74) is 0.724. The Morgan fingerprint density at radius 1 is 1.25 bits per heavy atom. The fourth-order valence-corrected chi connectivity index (χ4v) is 4.65. The molecule has 3 heterocycles. The Hall–Kier alpha value is -2.44. The number of benzene rings is 1. The molecule has 0 saturated carbocycles. The number of amides is 1. The number of hydrogen-bond acceptors (Lipinski definition) is 5. The second-order valence-electron chi connectivity index (χ2n) is 7.72. The molecule has 2 saturated heterocycles. The number of rotatable bonds is 6. The predicted molar refractivity (Wildman–Crippen MR) is 107 cm³/mol. The average Bonchev–Trinajstić information content (AvgIpc) is 2.94. The van der Waals surface area contributed by atoms with Crippen molar-refractivity contribution >= 4 is 11.6 Å². The highest BCUT2D eigenvalue weighted by Gasteiger charge is 2.48. The standard InChI is InChI=1S/C22H27N3O3/c1-2-28-20-8-4-3-7-19(20)24-21(26)15-25-17-9-10-18(25)13-22(27,12-17)16-6-5-11-23-14-16/h3-8,11,14,17-18,27H,2,9-10,12-13,15H2,1H3,(H,24,26). The van der Waals surface area contributed by atoms with Gasteiger partial charge in [0, 0.05) is 30.0 Å². The van der Waals surface area contributed by atoms with Crippen molar-refractivity contribution in [1.29, 1.82) is 0 Å². The minimum atomic E-state index is -0.853. The monoisotopic (exact) mass is 381 g/mol. The summed E-state index contributed by atoms with van der Waals surface area (Å²) >= 11 is 0. The van der Waals surface area contributed by atoms with E-state index in [9.17, 15) is 9.90 Å². The van der Waals surface area contributed by atoms with Gasteiger partial charge in [0.25, 0.3) is 0 Å². The maximum absolute atomic E-state index is 12.7. The molecule has 2 unspecified atom stereocenters. The van der Waals surface area contributed by atoms with Crippen molar-refractivity contribution in [3.8, 4) is 5.75 Å². The van der Waals surface area contributed by atoms with Gasteiger partial charge in [-0.25, -0.2) is 0 Å². The number of pyridine rings is 1. The molecule has 2 N–H and O–H groups in total. The molecule has 2 atom stereocenters. The van der Waals surface area contributed by atoms with Crippen molar-refractivity contribution in [3.05, 3.63) is 54.4 Å². The first kappa shape index (κ1) is 18.9. The van der Waals surface area contributed by atoms with Gasteiger partial charge in [-0.15, -0.1) is 0 Å². The summed E-state index contributed by atoms with van der Waals surface area (Å²) in [4.78, 5) is 19.1. The SMILES string of the molecule is CCOc1ccccc1NC(=O)CN1C2CCC1CC(O)(c1cccnc1)C2. The van der Waals surface area contributed by atoms with Crippen LogP contribution in [0.3, 0.4) is 0 Å². The lowest BCUT2D eigenvalue weighted by Gasteiger charge is -2.43. The number of nitrogens with one attached hydrogen (secondary N) is 1. The smallest absolute Gasteiger partial charge is 0.238 e. The first-order valence-corrected chi connectivity index (χ1v) is 9.99. The summed E-state index contributed by atoms with van der Waals surface area (Å²) in [6.45, 7) is 2.81. The Balaban J connectivity index is 1.42.